The van der Waals surface area contributed by atoms with Crippen LogP contribution in [0.2, 0.25) is 0 Å². The summed E-state index contributed by atoms with van der Waals surface area (Å²) in [5, 5.41) is 22.4. The van der Waals surface area contributed by atoms with E-state index in [9.17, 15) is 4.79 Å². The summed E-state index contributed by atoms with van der Waals surface area (Å²) in [4.78, 5) is 14.8. The number of carbonyl (C=O) groups is 1. The Kier molecular flexibility index (Phi) is 6.01. The van der Waals surface area contributed by atoms with Crippen molar-refractivity contribution in [3.63, 3.8) is 0 Å². The third kappa shape index (κ3) is 5.03. The van der Waals surface area contributed by atoms with E-state index in [0.717, 1.165) is 43.9 Å². The molecule has 9 heteroatoms. The number of tetrazole rings is 1. The molecule has 1 aliphatic rings. The highest BCUT2D eigenvalue weighted by molar-refractivity contribution is 6.02. The molecule has 166 valence electrons. The number of amides is 1. The van der Waals surface area contributed by atoms with E-state index < -0.39 is 0 Å². The van der Waals surface area contributed by atoms with Gasteiger partial charge < -0.3 is 10.2 Å². The van der Waals surface area contributed by atoms with Gasteiger partial charge in [0.15, 0.2) is 11.5 Å². The second kappa shape index (κ2) is 9.56. The van der Waals surface area contributed by atoms with E-state index >= 15 is 0 Å². The summed E-state index contributed by atoms with van der Waals surface area (Å²) in [6.07, 6.45) is 4.88. The normalized spacial score (nSPS) is 14.2. The van der Waals surface area contributed by atoms with E-state index in [1.165, 1.54) is 11.9 Å². The Morgan fingerprint density at radius 3 is 2.39 bits per heavy atom. The minimum Gasteiger partial charge on any atom is -0.355 e. The first-order chi connectivity index (χ1) is 16.2. The number of nitrogens with one attached hydrogen (secondary N) is 1. The molecule has 0 unspecified atom stereocenters. The van der Waals surface area contributed by atoms with E-state index in [1.54, 1.807) is 22.9 Å². The Hall–Kier alpha value is -4.14. The standard InChI is InChI=1S/C24H24N8O/c33-24(26-20-6-8-21(9-7-20)32-17-25-29-30-32)22-10-11-23(28-27-22)31-14-12-19(13-15-31)16-18-4-2-1-3-5-18/h1-11,17,19H,12-16H2,(H,26,33). The van der Waals surface area contributed by atoms with Gasteiger partial charge in [-0.3, -0.25) is 4.79 Å². The molecule has 1 saturated heterocycles. The van der Waals surface area contributed by atoms with Gasteiger partial charge >= 0.3 is 0 Å². The second-order valence-corrected chi connectivity index (χ2v) is 8.15. The molecule has 2 aromatic carbocycles. The van der Waals surface area contributed by atoms with Gasteiger partial charge in [-0.25, -0.2) is 4.68 Å². The second-order valence-electron chi connectivity index (χ2n) is 8.15. The van der Waals surface area contributed by atoms with Crippen LogP contribution >= 0.6 is 0 Å². The quantitative estimate of drug-likeness (QED) is 0.491. The van der Waals surface area contributed by atoms with Crippen molar-refractivity contribution in [1.29, 1.82) is 0 Å². The van der Waals surface area contributed by atoms with Crippen molar-refractivity contribution in [2.45, 2.75) is 19.3 Å². The number of piperidine rings is 1. The molecule has 1 amide bonds. The molecule has 9 nitrogen and oxygen atoms in total. The Bertz CT molecular complexity index is 1170. The molecule has 33 heavy (non-hydrogen) atoms. The van der Waals surface area contributed by atoms with Gasteiger partial charge in [0.25, 0.3) is 5.91 Å². The molecule has 5 rings (SSSR count). The van der Waals surface area contributed by atoms with E-state index in [4.69, 9.17) is 0 Å². The van der Waals surface area contributed by atoms with Crippen LogP contribution in [0.5, 0.6) is 0 Å². The number of hydrogen-bond acceptors (Lipinski definition) is 7. The molecular formula is C24H24N8O. The number of hydrogen-bond donors (Lipinski definition) is 1. The van der Waals surface area contributed by atoms with Crippen LogP contribution in [-0.4, -0.2) is 49.4 Å². The number of carbonyl (C=O) groups excluding carboxylic acids is 1. The highest BCUT2D eigenvalue weighted by Gasteiger charge is 2.21. The molecule has 0 radical (unpaired) electrons. The van der Waals surface area contributed by atoms with Crippen LogP contribution in [0.15, 0.2) is 73.1 Å². The van der Waals surface area contributed by atoms with Crippen LogP contribution in [0.1, 0.15) is 28.9 Å². The van der Waals surface area contributed by atoms with Crippen molar-refractivity contribution < 1.29 is 4.79 Å². The topological polar surface area (TPSA) is 102 Å². The van der Waals surface area contributed by atoms with Crippen molar-refractivity contribution in [1.82, 2.24) is 30.4 Å². The van der Waals surface area contributed by atoms with Gasteiger partial charge in [-0.2, -0.15) is 0 Å². The maximum atomic E-state index is 12.6. The minimum atomic E-state index is -0.300. The van der Waals surface area contributed by atoms with E-state index in [0.29, 0.717) is 11.6 Å². The summed E-state index contributed by atoms with van der Waals surface area (Å²) in [6.45, 7) is 1.90. The Morgan fingerprint density at radius 1 is 0.939 bits per heavy atom. The van der Waals surface area contributed by atoms with Crippen LogP contribution in [-0.2, 0) is 6.42 Å². The summed E-state index contributed by atoms with van der Waals surface area (Å²) < 4.78 is 1.54. The summed E-state index contributed by atoms with van der Waals surface area (Å²) in [6, 6.07) is 21.5. The summed E-state index contributed by atoms with van der Waals surface area (Å²) in [7, 11) is 0. The van der Waals surface area contributed by atoms with Crippen molar-refractivity contribution >= 4 is 17.4 Å². The third-order valence-corrected chi connectivity index (χ3v) is 5.93. The maximum Gasteiger partial charge on any atom is 0.276 e. The lowest BCUT2D eigenvalue weighted by Crippen LogP contribution is -2.35. The molecule has 0 bridgehead atoms. The van der Waals surface area contributed by atoms with Gasteiger partial charge in [0.1, 0.15) is 6.33 Å². The molecule has 4 aromatic rings. The number of rotatable bonds is 6. The van der Waals surface area contributed by atoms with Crippen molar-refractivity contribution in [2.75, 3.05) is 23.3 Å². The molecule has 1 fully saturated rings. The maximum absolute atomic E-state index is 12.6. The molecule has 0 saturated carbocycles. The van der Waals surface area contributed by atoms with Gasteiger partial charge in [-0.05, 0) is 77.6 Å². The van der Waals surface area contributed by atoms with Crippen LogP contribution in [0, 0.1) is 5.92 Å². The fourth-order valence-electron chi connectivity index (χ4n) is 4.10. The number of nitrogens with zero attached hydrogens (tertiary/aromatic N) is 7. The molecule has 1 N–H and O–H groups in total. The van der Waals surface area contributed by atoms with Crippen LogP contribution < -0.4 is 10.2 Å². The fourth-order valence-corrected chi connectivity index (χ4v) is 4.10. The van der Waals surface area contributed by atoms with E-state index in [2.05, 4.69) is 66.3 Å². The molecule has 0 spiro atoms. The van der Waals surface area contributed by atoms with E-state index in [-0.39, 0.29) is 11.6 Å². The van der Waals surface area contributed by atoms with Gasteiger partial charge in [-0.1, -0.05) is 30.3 Å². The predicted molar refractivity (Wildman–Crippen MR) is 124 cm³/mol. The first-order valence-corrected chi connectivity index (χ1v) is 11.0. The van der Waals surface area contributed by atoms with Crippen LogP contribution in [0.25, 0.3) is 5.69 Å². The van der Waals surface area contributed by atoms with E-state index in [1.807, 2.05) is 18.2 Å². The molecule has 0 atom stereocenters. The molecule has 0 aliphatic carbocycles. The molecule has 3 heterocycles. The summed E-state index contributed by atoms with van der Waals surface area (Å²) in [5.41, 5.74) is 3.14. The largest absolute Gasteiger partial charge is 0.355 e. The van der Waals surface area contributed by atoms with Gasteiger partial charge in [0.2, 0.25) is 0 Å². The monoisotopic (exact) mass is 440 g/mol. The lowest BCUT2D eigenvalue weighted by atomic mass is 9.90. The highest BCUT2D eigenvalue weighted by atomic mass is 16.1. The van der Waals surface area contributed by atoms with Crippen molar-refractivity contribution in [3.8, 4) is 5.69 Å². The molecule has 2 aromatic heterocycles. The number of aromatic nitrogens is 6. The van der Waals surface area contributed by atoms with Gasteiger partial charge in [-0.15, -0.1) is 15.3 Å². The lowest BCUT2D eigenvalue weighted by molar-refractivity contribution is 0.102. The Morgan fingerprint density at radius 2 is 1.73 bits per heavy atom. The van der Waals surface area contributed by atoms with Crippen LogP contribution in [0.4, 0.5) is 11.5 Å². The van der Waals surface area contributed by atoms with Gasteiger partial charge in [0, 0.05) is 18.8 Å². The van der Waals surface area contributed by atoms with Crippen molar-refractivity contribution in [2.24, 2.45) is 5.92 Å². The average molecular weight is 441 g/mol. The summed E-state index contributed by atoms with van der Waals surface area (Å²) >= 11 is 0. The number of benzene rings is 2. The third-order valence-electron chi connectivity index (χ3n) is 5.93. The average Bonchev–Trinajstić information content (AvgIpc) is 3.41. The zero-order valence-corrected chi connectivity index (χ0v) is 18.1. The van der Waals surface area contributed by atoms with Crippen LogP contribution in [0.3, 0.4) is 0 Å². The lowest BCUT2D eigenvalue weighted by Gasteiger charge is -2.32. The zero-order valence-electron chi connectivity index (χ0n) is 18.1. The highest BCUT2D eigenvalue weighted by Crippen LogP contribution is 2.24. The van der Waals surface area contributed by atoms with Crippen molar-refractivity contribution in [3.05, 3.63) is 84.3 Å². The Labute approximate surface area is 191 Å². The first kappa shape index (κ1) is 20.7. The molecule has 1 aliphatic heterocycles. The molecular weight excluding hydrogens is 416 g/mol. The smallest absolute Gasteiger partial charge is 0.276 e. The van der Waals surface area contributed by atoms with Gasteiger partial charge in [0.05, 0.1) is 5.69 Å². The minimum absolute atomic E-state index is 0.280. The fraction of sp³-hybridized carbons (Fsp3) is 0.250. The zero-order chi connectivity index (χ0) is 22.5. The first-order valence-electron chi connectivity index (χ1n) is 11.0. The SMILES string of the molecule is O=C(Nc1ccc(-n2cnnn2)cc1)c1ccc(N2CCC(Cc3ccccc3)CC2)nn1. The summed E-state index contributed by atoms with van der Waals surface area (Å²) in [5.74, 6) is 1.20. The number of anilines is 2. The Balaban J connectivity index is 1.15. The predicted octanol–water partition coefficient (Wildman–Crippen LogP) is 3.16.